The molecule has 0 unspecified atom stereocenters. The van der Waals surface area contributed by atoms with E-state index in [2.05, 4.69) is 98.0 Å². The Hall–Kier alpha value is -8.89. The molecule has 0 aliphatic rings. The smallest absolute Gasteiger partial charge is 0.238 e. The number of pyridine rings is 1. The number of rotatable bonds is 6. The molecule has 0 atom stereocenters. The topological polar surface area (TPSA) is 113 Å². The number of nitrogens with zero attached hydrogens (tertiary/aromatic N) is 9. The minimum Gasteiger partial charge on any atom is -0.454 e. The first-order valence-corrected chi connectivity index (χ1v) is 20.6. The zero-order valence-electron chi connectivity index (χ0n) is 33.3. The van der Waals surface area contributed by atoms with Gasteiger partial charge >= 0.3 is 0 Å². The van der Waals surface area contributed by atoms with Crippen LogP contribution in [-0.2, 0) is 0 Å². The Balaban J connectivity index is 0.961. The lowest BCUT2D eigenvalue weighted by Crippen LogP contribution is -2.06. The third kappa shape index (κ3) is 5.62. The maximum absolute atomic E-state index is 6.05. The van der Waals surface area contributed by atoms with Gasteiger partial charge < -0.3 is 4.42 Å². The van der Waals surface area contributed by atoms with E-state index in [1.165, 1.54) is 0 Å². The summed E-state index contributed by atoms with van der Waals surface area (Å²) in [4.78, 5) is 34.2. The molecule has 0 aliphatic carbocycles. The fourth-order valence-corrected chi connectivity index (χ4v) is 8.90. The third-order valence-electron chi connectivity index (χ3n) is 11.8. The summed E-state index contributed by atoms with van der Waals surface area (Å²) in [6, 6.07) is 60.0. The standard InChI is InChI=1S/C53H31N9O/c1-3-12-32(13-4-1)50-57-51(33-14-5-2-6-15-33)60-53(59-50)61-43-19-10-8-17-38(43)40-28-34(22-25-44(40)61)35-21-24-39-37-16-7-9-18-42(37)62(45(39)30-35)52-56-31-55-49(58-52)36-23-26-46-41(29-36)48-47(63-46)20-11-27-54-48/h1-31H. The van der Waals surface area contributed by atoms with E-state index in [1.54, 1.807) is 12.5 Å². The molecule has 0 N–H and O–H groups in total. The second kappa shape index (κ2) is 13.8. The molecule has 10 heteroatoms. The van der Waals surface area contributed by atoms with Crippen molar-refractivity contribution in [2.24, 2.45) is 0 Å². The molecule has 0 bridgehead atoms. The maximum atomic E-state index is 6.05. The molecule has 13 aromatic rings. The number of hydrogen-bond donors (Lipinski definition) is 0. The van der Waals surface area contributed by atoms with E-state index in [-0.39, 0.29) is 0 Å². The summed E-state index contributed by atoms with van der Waals surface area (Å²) in [5, 5.41) is 5.31. The van der Waals surface area contributed by atoms with Crippen LogP contribution in [0.5, 0.6) is 0 Å². The molecule has 0 amide bonds. The molecular formula is C53H31N9O. The van der Waals surface area contributed by atoms with Crippen LogP contribution in [0.15, 0.2) is 193 Å². The lowest BCUT2D eigenvalue weighted by atomic mass is 10.0. The molecule has 0 spiro atoms. The molecule has 6 aromatic heterocycles. The monoisotopic (exact) mass is 809 g/mol. The van der Waals surface area contributed by atoms with Gasteiger partial charge in [-0.2, -0.15) is 15.0 Å². The number of benzene rings is 7. The van der Waals surface area contributed by atoms with Crippen molar-refractivity contribution in [2.45, 2.75) is 0 Å². The van der Waals surface area contributed by atoms with Crippen molar-refractivity contribution in [1.29, 1.82) is 0 Å². The molecule has 0 fully saturated rings. The Bertz CT molecular complexity index is 3870. The maximum Gasteiger partial charge on any atom is 0.238 e. The molecule has 7 aromatic carbocycles. The summed E-state index contributed by atoms with van der Waals surface area (Å²) in [7, 11) is 0. The highest BCUT2D eigenvalue weighted by Gasteiger charge is 2.20. The van der Waals surface area contributed by atoms with Gasteiger partial charge in [-0.1, -0.05) is 115 Å². The van der Waals surface area contributed by atoms with E-state index in [9.17, 15) is 0 Å². The largest absolute Gasteiger partial charge is 0.454 e. The fourth-order valence-electron chi connectivity index (χ4n) is 8.90. The fraction of sp³-hybridized carbons (Fsp3) is 0. The van der Waals surface area contributed by atoms with E-state index >= 15 is 0 Å². The van der Waals surface area contributed by atoms with Crippen molar-refractivity contribution in [2.75, 3.05) is 0 Å². The summed E-state index contributed by atoms with van der Waals surface area (Å²) in [5.74, 6) is 2.86. The Labute approximate surface area is 358 Å². The van der Waals surface area contributed by atoms with Crippen LogP contribution in [0, 0.1) is 0 Å². The quantitative estimate of drug-likeness (QED) is 0.163. The SMILES string of the molecule is c1ccc(-c2nc(-c3ccccc3)nc(-n3c4ccccc4c4cc(-c5ccc6c7ccccc7n(-c7ncnc(-c8ccc9oc%10cccnc%10c9c8)n7)c6c5)ccc43)n2)cc1. The van der Waals surface area contributed by atoms with Gasteiger partial charge in [0.2, 0.25) is 11.9 Å². The highest BCUT2D eigenvalue weighted by Crippen LogP contribution is 2.38. The molecule has 10 nitrogen and oxygen atoms in total. The molecule has 63 heavy (non-hydrogen) atoms. The van der Waals surface area contributed by atoms with Gasteiger partial charge in [0.25, 0.3) is 0 Å². The summed E-state index contributed by atoms with van der Waals surface area (Å²) in [6.45, 7) is 0. The number of para-hydroxylation sites is 2. The lowest BCUT2D eigenvalue weighted by Gasteiger charge is -2.11. The van der Waals surface area contributed by atoms with Gasteiger partial charge in [0.05, 0.1) is 22.1 Å². The van der Waals surface area contributed by atoms with Gasteiger partial charge in [0.15, 0.2) is 23.1 Å². The minimum absolute atomic E-state index is 0.527. The Kier molecular flexibility index (Phi) is 7.67. The molecule has 0 saturated carbocycles. The van der Waals surface area contributed by atoms with Crippen LogP contribution in [0.4, 0.5) is 0 Å². The summed E-state index contributed by atoms with van der Waals surface area (Å²) < 4.78 is 10.3. The van der Waals surface area contributed by atoms with E-state index in [4.69, 9.17) is 29.3 Å². The highest BCUT2D eigenvalue weighted by molar-refractivity contribution is 6.12. The normalized spacial score (nSPS) is 11.8. The van der Waals surface area contributed by atoms with Crippen LogP contribution in [0.2, 0.25) is 0 Å². The Morgan fingerprint density at radius 1 is 0.333 bits per heavy atom. The zero-order valence-corrected chi connectivity index (χ0v) is 33.3. The van der Waals surface area contributed by atoms with Crippen molar-refractivity contribution < 1.29 is 4.42 Å². The predicted molar refractivity (Wildman–Crippen MR) is 249 cm³/mol. The van der Waals surface area contributed by atoms with Gasteiger partial charge in [0, 0.05) is 49.8 Å². The first-order valence-electron chi connectivity index (χ1n) is 20.6. The second-order valence-corrected chi connectivity index (χ2v) is 15.5. The number of fused-ring (bicyclic) bond motifs is 9. The predicted octanol–water partition coefficient (Wildman–Crippen LogP) is 12.2. The van der Waals surface area contributed by atoms with E-state index in [0.717, 1.165) is 93.5 Å². The first kappa shape index (κ1) is 34.9. The van der Waals surface area contributed by atoms with Gasteiger partial charge in [-0.3, -0.25) is 14.1 Å². The Morgan fingerprint density at radius 3 is 1.68 bits per heavy atom. The molecule has 294 valence electrons. The van der Waals surface area contributed by atoms with E-state index in [1.807, 2.05) is 97.1 Å². The van der Waals surface area contributed by atoms with E-state index < -0.39 is 0 Å². The summed E-state index contributed by atoms with van der Waals surface area (Å²) >= 11 is 0. The van der Waals surface area contributed by atoms with Crippen molar-refractivity contribution >= 4 is 65.7 Å². The summed E-state index contributed by atoms with van der Waals surface area (Å²) in [6.07, 6.45) is 3.36. The number of hydrogen-bond acceptors (Lipinski definition) is 8. The average molecular weight is 810 g/mol. The van der Waals surface area contributed by atoms with Crippen LogP contribution in [-0.4, -0.2) is 44.0 Å². The van der Waals surface area contributed by atoms with Crippen LogP contribution < -0.4 is 0 Å². The number of aromatic nitrogens is 9. The zero-order chi connectivity index (χ0) is 41.4. The molecule has 6 heterocycles. The van der Waals surface area contributed by atoms with Gasteiger partial charge in [-0.25, -0.2) is 15.0 Å². The van der Waals surface area contributed by atoms with Crippen molar-refractivity contribution in [3.05, 3.63) is 188 Å². The van der Waals surface area contributed by atoms with Gasteiger partial charge in [-0.05, 0) is 71.8 Å². The Morgan fingerprint density at radius 2 is 0.921 bits per heavy atom. The van der Waals surface area contributed by atoms with Crippen LogP contribution in [0.25, 0.3) is 123 Å². The molecule has 0 saturated heterocycles. The van der Waals surface area contributed by atoms with Crippen molar-refractivity contribution in [3.63, 3.8) is 0 Å². The summed E-state index contributed by atoms with van der Waals surface area (Å²) in [5.41, 5.74) is 11.1. The lowest BCUT2D eigenvalue weighted by molar-refractivity contribution is 0.668. The molecule has 13 rings (SSSR count). The van der Waals surface area contributed by atoms with Gasteiger partial charge in [0.1, 0.15) is 17.4 Å². The van der Waals surface area contributed by atoms with Crippen molar-refractivity contribution in [3.8, 4) is 57.2 Å². The van der Waals surface area contributed by atoms with Crippen molar-refractivity contribution in [1.82, 2.24) is 44.0 Å². The van der Waals surface area contributed by atoms with Gasteiger partial charge in [-0.15, -0.1) is 0 Å². The number of furan rings is 1. The van der Waals surface area contributed by atoms with Crippen LogP contribution >= 0.6 is 0 Å². The van der Waals surface area contributed by atoms with Crippen LogP contribution in [0.1, 0.15) is 0 Å². The third-order valence-corrected chi connectivity index (χ3v) is 11.8. The second-order valence-electron chi connectivity index (χ2n) is 15.5. The average Bonchev–Trinajstić information content (AvgIpc) is 4.01. The minimum atomic E-state index is 0.527. The first-order chi connectivity index (χ1) is 31.2. The van der Waals surface area contributed by atoms with Crippen LogP contribution in [0.3, 0.4) is 0 Å². The molecule has 0 aliphatic heterocycles. The molecular weight excluding hydrogens is 779 g/mol. The highest BCUT2D eigenvalue weighted by atomic mass is 16.3. The molecule has 0 radical (unpaired) electrons. The van der Waals surface area contributed by atoms with E-state index in [0.29, 0.717) is 29.4 Å².